The van der Waals surface area contributed by atoms with Crippen LogP contribution >= 0.6 is 11.6 Å². The summed E-state index contributed by atoms with van der Waals surface area (Å²) in [5.74, 6) is 0.519. The van der Waals surface area contributed by atoms with E-state index < -0.39 is 0 Å². The summed E-state index contributed by atoms with van der Waals surface area (Å²) in [5.41, 5.74) is 5.65. The van der Waals surface area contributed by atoms with E-state index in [0.29, 0.717) is 24.0 Å². The van der Waals surface area contributed by atoms with Gasteiger partial charge < -0.3 is 20.5 Å². The van der Waals surface area contributed by atoms with E-state index in [-0.39, 0.29) is 12.1 Å². The number of nitrogens with one attached hydrogen (secondary N) is 1. The first-order chi connectivity index (χ1) is 8.21. The Morgan fingerprint density at radius 1 is 1.53 bits per heavy atom. The summed E-state index contributed by atoms with van der Waals surface area (Å²) < 4.78 is 9.93. The molecule has 17 heavy (non-hydrogen) atoms. The van der Waals surface area contributed by atoms with Crippen molar-refractivity contribution in [2.24, 2.45) is 5.73 Å². The van der Waals surface area contributed by atoms with Crippen LogP contribution in [0.2, 0.25) is 5.02 Å². The van der Waals surface area contributed by atoms with E-state index in [0.717, 1.165) is 6.42 Å². The molecule has 1 rings (SSSR count). The minimum absolute atomic E-state index is 0.0482. The molecule has 0 aliphatic heterocycles. The van der Waals surface area contributed by atoms with Crippen LogP contribution in [0.5, 0.6) is 6.01 Å². The Hall–Kier alpha value is -1.11. The van der Waals surface area contributed by atoms with Gasteiger partial charge in [0, 0.05) is 26.3 Å². The summed E-state index contributed by atoms with van der Waals surface area (Å²) in [5, 5.41) is 3.57. The number of hydrogen-bond acceptors (Lipinski definition) is 6. The van der Waals surface area contributed by atoms with Gasteiger partial charge in [0.1, 0.15) is 5.02 Å². The zero-order valence-electron chi connectivity index (χ0n) is 9.94. The minimum atomic E-state index is 0.0482. The van der Waals surface area contributed by atoms with E-state index in [1.54, 1.807) is 7.11 Å². The second-order valence-corrected chi connectivity index (χ2v) is 3.82. The molecule has 6 nitrogen and oxygen atoms in total. The van der Waals surface area contributed by atoms with Gasteiger partial charge in [-0.3, -0.25) is 0 Å². The lowest BCUT2D eigenvalue weighted by Gasteiger charge is -2.17. The van der Waals surface area contributed by atoms with Gasteiger partial charge in [-0.25, -0.2) is 4.98 Å². The molecule has 0 amide bonds. The van der Waals surface area contributed by atoms with Gasteiger partial charge in [0.15, 0.2) is 5.82 Å². The van der Waals surface area contributed by atoms with Crippen molar-refractivity contribution in [3.05, 3.63) is 11.2 Å². The SMILES string of the molecule is COCCC(CN)Nc1nc(OC)ncc1Cl. The summed E-state index contributed by atoms with van der Waals surface area (Å²) in [6, 6.07) is 0.312. The molecular formula is C10H17ClN4O2. The van der Waals surface area contributed by atoms with Crippen molar-refractivity contribution in [3.8, 4) is 6.01 Å². The standard InChI is InChI=1S/C10H17ClN4O2/c1-16-4-3-7(5-12)14-9-8(11)6-13-10(15-9)17-2/h6-7H,3-5,12H2,1-2H3,(H,13,14,15). The maximum atomic E-state index is 5.97. The number of hydrogen-bond donors (Lipinski definition) is 2. The molecule has 0 saturated heterocycles. The Kier molecular flexibility index (Phi) is 5.96. The van der Waals surface area contributed by atoms with E-state index in [4.69, 9.17) is 26.8 Å². The average Bonchev–Trinajstić information content (AvgIpc) is 2.36. The molecule has 1 unspecified atom stereocenters. The van der Waals surface area contributed by atoms with Gasteiger partial charge in [-0.1, -0.05) is 11.6 Å². The van der Waals surface area contributed by atoms with Crippen molar-refractivity contribution in [2.45, 2.75) is 12.5 Å². The largest absolute Gasteiger partial charge is 0.467 e. The van der Waals surface area contributed by atoms with Crippen LogP contribution in [0.25, 0.3) is 0 Å². The highest BCUT2D eigenvalue weighted by Crippen LogP contribution is 2.21. The summed E-state index contributed by atoms with van der Waals surface area (Å²) >= 11 is 5.97. The Morgan fingerprint density at radius 3 is 2.88 bits per heavy atom. The Labute approximate surface area is 105 Å². The van der Waals surface area contributed by atoms with Crippen molar-refractivity contribution in [1.29, 1.82) is 0 Å². The minimum Gasteiger partial charge on any atom is -0.467 e. The summed E-state index contributed by atoms with van der Waals surface area (Å²) in [6.07, 6.45) is 2.26. The maximum absolute atomic E-state index is 5.97. The van der Waals surface area contributed by atoms with Gasteiger partial charge in [-0.05, 0) is 6.42 Å². The highest BCUT2D eigenvalue weighted by molar-refractivity contribution is 6.32. The lowest BCUT2D eigenvalue weighted by Crippen LogP contribution is -2.30. The number of halogens is 1. The van der Waals surface area contributed by atoms with Crippen LogP contribution in [0, 0.1) is 0 Å². The monoisotopic (exact) mass is 260 g/mol. The van der Waals surface area contributed by atoms with E-state index in [1.807, 2.05) is 0 Å². The fourth-order valence-corrected chi connectivity index (χ4v) is 1.40. The first-order valence-corrected chi connectivity index (χ1v) is 5.61. The molecule has 0 fully saturated rings. The Balaban J connectivity index is 2.70. The second kappa shape index (κ2) is 7.26. The molecular weight excluding hydrogens is 244 g/mol. The van der Waals surface area contributed by atoms with Crippen LogP contribution < -0.4 is 15.8 Å². The fraction of sp³-hybridized carbons (Fsp3) is 0.600. The van der Waals surface area contributed by atoms with Gasteiger partial charge in [0.25, 0.3) is 0 Å². The number of methoxy groups -OCH3 is 2. The van der Waals surface area contributed by atoms with Crippen LogP contribution in [-0.2, 0) is 4.74 Å². The van der Waals surface area contributed by atoms with E-state index in [9.17, 15) is 0 Å². The van der Waals surface area contributed by atoms with Gasteiger partial charge in [-0.15, -0.1) is 0 Å². The molecule has 0 radical (unpaired) electrons. The fourth-order valence-electron chi connectivity index (χ4n) is 1.25. The van der Waals surface area contributed by atoms with Crippen molar-refractivity contribution < 1.29 is 9.47 Å². The molecule has 1 atom stereocenters. The number of ether oxygens (including phenoxy) is 2. The first kappa shape index (κ1) is 14.0. The predicted molar refractivity (Wildman–Crippen MR) is 66.6 cm³/mol. The maximum Gasteiger partial charge on any atom is 0.318 e. The van der Waals surface area contributed by atoms with Crippen molar-refractivity contribution in [2.75, 3.05) is 32.7 Å². The third-order valence-electron chi connectivity index (χ3n) is 2.20. The topological polar surface area (TPSA) is 82.3 Å². The van der Waals surface area contributed by atoms with E-state index in [1.165, 1.54) is 13.3 Å². The number of nitrogens with zero attached hydrogens (tertiary/aromatic N) is 2. The first-order valence-electron chi connectivity index (χ1n) is 5.23. The molecule has 7 heteroatoms. The van der Waals surface area contributed by atoms with Crippen LogP contribution in [0.15, 0.2) is 6.20 Å². The second-order valence-electron chi connectivity index (χ2n) is 3.41. The average molecular weight is 261 g/mol. The Morgan fingerprint density at radius 2 is 2.29 bits per heavy atom. The molecule has 0 bridgehead atoms. The summed E-state index contributed by atoms with van der Waals surface area (Å²) in [7, 11) is 3.15. The van der Waals surface area contributed by atoms with Gasteiger partial charge in [0.05, 0.1) is 13.3 Å². The third-order valence-corrected chi connectivity index (χ3v) is 2.48. The predicted octanol–water partition coefficient (Wildman–Crippen LogP) is 0.914. The number of rotatable bonds is 7. The quantitative estimate of drug-likeness (QED) is 0.759. The summed E-state index contributed by atoms with van der Waals surface area (Å²) in [4.78, 5) is 8.01. The molecule has 1 aromatic rings. The van der Waals surface area contributed by atoms with Gasteiger partial charge in [-0.2, -0.15) is 4.98 Å². The van der Waals surface area contributed by atoms with Crippen LogP contribution in [0.3, 0.4) is 0 Å². The summed E-state index contributed by atoms with van der Waals surface area (Å²) in [6.45, 7) is 1.08. The van der Waals surface area contributed by atoms with Crippen LogP contribution in [-0.4, -0.2) is 43.4 Å². The molecule has 0 spiro atoms. The molecule has 96 valence electrons. The van der Waals surface area contributed by atoms with Crippen molar-refractivity contribution in [1.82, 2.24) is 9.97 Å². The van der Waals surface area contributed by atoms with Gasteiger partial charge in [0.2, 0.25) is 0 Å². The molecule has 0 saturated carbocycles. The highest BCUT2D eigenvalue weighted by atomic mass is 35.5. The Bertz CT molecular complexity index is 351. The molecule has 0 aliphatic carbocycles. The molecule has 0 aromatic carbocycles. The normalized spacial score (nSPS) is 12.2. The zero-order chi connectivity index (χ0) is 12.7. The number of anilines is 1. The lowest BCUT2D eigenvalue weighted by molar-refractivity contribution is 0.190. The smallest absolute Gasteiger partial charge is 0.318 e. The van der Waals surface area contributed by atoms with E-state index in [2.05, 4.69) is 15.3 Å². The number of aromatic nitrogens is 2. The highest BCUT2D eigenvalue weighted by Gasteiger charge is 2.11. The van der Waals surface area contributed by atoms with Crippen LogP contribution in [0.1, 0.15) is 6.42 Å². The third kappa shape index (κ3) is 4.33. The zero-order valence-corrected chi connectivity index (χ0v) is 10.7. The number of nitrogens with two attached hydrogens (primary N) is 1. The van der Waals surface area contributed by atoms with Crippen molar-refractivity contribution in [3.63, 3.8) is 0 Å². The van der Waals surface area contributed by atoms with E-state index >= 15 is 0 Å². The lowest BCUT2D eigenvalue weighted by atomic mass is 10.2. The molecule has 3 N–H and O–H groups in total. The molecule has 1 heterocycles. The molecule has 0 aliphatic rings. The van der Waals surface area contributed by atoms with Crippen molar-refractivity contribution >= 4 is 17.4 Å². The van der Waals surface area contributed by atoms with Crippen LogP contribution in [0.4, 0.5) is 5.82 Å². The molecule has 1 aromatic heterocycles. The van der Waals surface area contributed by atoms with Gasteiger partial charge >= 0.3 is 6.01 Å².